The molecule has 1 aliphatic heterocycles. The SMILES string of the molecule is CC(=O)N(C)CCC1CN(C(C)=O)c2ccc(Br)cc21. The lowest BCUT2D eigenvalue weighted by Crippen LogP contribution is -2.29. The van der Waals surface area contributed by atoms with Crippen LogP contribution in [0.25, 0.3) is 0 Å². The monoisotopic (exact) mass is 338 g/mol. The second-order valence-electron chi connectivity index (χ2n) is 5.26. The smallest absolute Gasteiger partial charge is 0.223 e. The number of rotatable bonds is 3. The first-order chi connectivity index (χ1) is 9.40. The predicted molar refractivity (Wildman–Crippen MR) is 82.8 cm³/mol. The minimum atomic E-state index is 0.0657. The maximum atomic E-state index is 11.7. The summed E-state index contributed by atoms with van der Waals surface area (Å²) in [6.07, 6.45) is 0.864. The van der Waals surface area contributed by atoms with Gasteiger partial charge < -0.3 is 9.80 Å². The highest BCUT2D eigenvalue weighted by atomic mass is 79.9. The Balaban J connectivity index is 2.18. The average molecular weight is 339 g/mol. The van der Waals surface area contributed by atoms with Crippen molar-refractivity contribution < 1.29 is 9.59 Å². The number of amides is 2. The number of anilines is 1. The Labute approximate surface area is 127 Å². The Morgan fingerprint density at radius 1 is 1.40 bits per heavy atom. The van der Waals surface area contributed by atoms with Crippen molar-refractivity contribution >= 4 is 33.4 Å². The topological polar surface area (TPSA) is 40.6 Å². The van der Waals surface area contributed by atoms with E-state index in [0.29, 0.717) is 13.1 Å². The Hall–Kier alpha value is -1.36. The Morgan fingerprint density at radius 2 is 2.10 bits per heavy atom. The van der Waals surface area contributed by atoms with E-state index in [1.54, 1.807) is 18.7 Å². The summed E-state index contributed by atoms with van der Waals surface area (Å²) in [5.41, 5.74) is 2.18. The number of nitrogens with zero attached hydrogens (tertiary/aromatic N) is 2. The molecule has 2 amide bonds. The first kappa shape index (κ1) is 15.0. The number of hydrogen-bond donors (Lipinski definition) is 0. The van der Waals surface area contributed by atoms with Crippen LogP contribution in [0.3, 0.4) is 0 Å². The maximum Gasteiger partial charge on any atom is 0.223 e. The summed E-state index contributed by atoms with van der Waals surface area (Å²) in [5.74, 6) is 0.421. The molecule has 4 nitrogen and oxygen atoms in total. The zero-order chi connectivity index (χ0) is 14.9. The molecule has 20 heavy (non-hydrogen) atoms. The van der Waals surface area contributed by atoms with Crippen molar-refractivity contribution in [1.82, 2.24) is 4.90 Å². The molecule has 0 N–H and O–H groups in total. The van der Waals surface area contributed by atoms with Crippen LogP contribution >= 0.6 is 15.9 Å². The number of carbonyl (C=O) groups excluding carboxylic acids is 2. The lowest BCUT2D eigenvalue weighted by molar-refractivity contribution is -0.127. The van der Waals surface area contributed by atoms with E-state index in [-0.39, 0.29) is 17.7 Å². The molecule has 0 radical (unpaired) electrons. The number of halogens is 1. The summed E-state index contributed by atoms with van der Waals surface area (Å²) in [6, 6.07) is 6.02. The molecule has 1 heterocycles. The lowest BCUT2D eigenvalue weighted by atomic mass is 9.98. The predicted octanol–water partition coefficient (Wildman–Crippen LogP) is 2.77. The fourth-order valence-electron chi connectivity index (χ4n) is 2.57. The molecule has 0 bridgehead atoms. The van der Waals surface area contributed by atoms with E-state index < -0.39 is 0 Å². The molecule has 1 aromatic carbocycles. The van der Waals surface area contributed by atoms with Crippen molar-refractivity contribution in [3.05, 3.63) is 28.2 Å². The third-order valence-electron chi connectivity index (χ3n) is 3.85. The van der Waals surface area contributed by atoms with Crippen molar-refractivity contribution in [1.29, 1.82) is 0 Å². The summed E-state index contributed by atoms with van der Waals surface area (Å²) in [7, 11) is 1.81. The minimum absolute atomic E-state index is 0.0657. The quantitative estimate of drug-likeness (QED) is 0.850. The van der Waals surface area contributed by atoms with Gasteiger partial charge >= 0.3 is 0 Å². The van der Waals surface area contributed by atoms with Crippen LogP contribution in [0, 0.1) is 0 Å². The molecule has 2 rings (SSSR count). The van der Waals surface area contributed by atoms with Gasteiger partial charge in [0.25, 0.3) is 0 Å². The third-order valence-corrected chi connectivity index (χ3v) is 4.35. The molecular weight excluding hydrogens is 320 g/mol. The molecular formula is C15H19BrN2O2. The number of carbonyl (C=O) groups is 2. The third kappa shape index (κ3) is 3.03. The van der Waals surface area contributed by atoms with Gasteiger partial charge in [-0.2, -0.15) is 0 Å². The van der Waals surface area contributed by atoms with Gasteiger partial charge in [0.2, 0.25) is 11.8 Å². The van der Waals surface area contributed by atoms with Crippen LogP contribution in [0.4, 0.5) is 5.69 Å². The molecule has 0 aliphatic carbocycles. The normalized spacial score (nSPS) is 17.0. The summed E-state index contributed by atoms with van der Waals surface area (Å²) >= 11 is 3.48. The van der Waals surface area contributed by atoms with Gasteiger partial charge in [0.1, 0.15) is 0 Å². The molecule has 0 spiro atoms. The highest BCUT2D eigenvalue weighted by Gasteiger charge is 2.30. The fourth-order valence-corrected chi connectivity index (χ4v) is 2.95. The van der Waals surface area contributed by atoms with Crippen LogP contribution in [0.2, 0.25) is 0 Å². The highest BCUT2D eigenvalue weighted by molar-refractivity contribution is 9.10. The number of hydrogen-bond acceptors (Lipinski definition) is 2. The van der Waals surface area contributed by atoms with Gasteiger partial charge in [0.15, 0.2) is 0 Å². The van der Waals surface area contributed by atoms with Crippen LogP contribution in [0.5, 0.6) is 0 Å². The standard InChI is InChI=1S/C15H19BrN2O2/c1-10(19)17(3)7-6-12-9-18(11(2)20)15-5-4-13(16)8-14(12)15/h4-5,8,12H,6-7,9H2,1-3H3. The molecule has 1 unspecified atom stereocenters. The molecule has 1 aliphatic rings. The van der Waals surface area contributed by atoms with Crippen LogP contribution in [0.1, 0.15) is 31.7 Å². The van der Waals surface area contributed by atoms with Gasteiger partial charge in [-0.1, -0.05) is 15.9 Å². The molecule has 0 saturated carbocycles. The molecule has 0 saturated heterocycles. The van der Waals surface area contributed by atoms with Crippen LogP contribution in [-0.4, -0.2) is 36.9 Å². The van der Waals surface area contributed by atoms with Gasteiger partial charge in [-0.05, 0) is 30.2 Å². The first-order valence-corrected chi connectivity index (χ1v) is 7.48. The van der Waals surface area contributed by atoms with E-state index in [2.05, 4.69) is 22.0 Å². The summed E-state index contributed by atoms with van der Waals surface area (Å²) in [5, 5.41) is 0. The van der Waals surface area contributed by atoms with Crippen molar-refractivity contribution in [2.75, 3.05) is 25.0 Å². The van der Waals surface area contributed by atoms with E-state index in [1.165, 1.54) is 5.56 Å². The molecule has 0 aromatic heterocycles. The summed E-state index contributed by atoms with van der Waals surface area (Å²) in [4.78, 5) is 26.5. The molecule has 0 fully saturated rings. The Bertz CT molecular complexity index is 545. The Kier molecular flexibility index (Phi) is 4.48. The van der Waals surface area contributed by atoms with Crippen molar-refractivity contribution in [3.63, 3.8) is 0 Å². The van der Waals surface area contributed by atoms with E-state index in [1.807, 2.05) is 24.1 Å². The number of benzene rings is 1. The second kappa shape index (κ2) is 5.95. The minimum Gasteiger partial charge on any atom is -0.346 e. The molecule has 5 heteroatoms. The van der Waals surface area contributed by atoms with Gasteiger partial charge in [0.05, 0.1) is 0 Å². The lowest BCUT2D eigenvalue weighted by Gasteiger charge is -2.18. The zero-order valence-corrected chi connectivity index (χ0v) is 13.6. The Morgan fingerprint density at radius 3 is 2.70 bits per heavy atom. The average Bonchev–Trinajstić information content (AvgIpc) is 2.74. The fraction of sp³-hybridized carbons (Fsp3) is 0.467. The zero-order valence-electron chi connectivity index (χ0n) is 12.0. The van der Waals surface area contributed by atoms with Crippen LogP contribution in [0.15, 0.2) is 22.7 Å². The van der Waals surface area contributed by atoms with Gasteiger partial charge in [-0.15, -0.1) is 0 Å². The van der Waals surface area contributed by atoms with Gasteiger partial charge in [-0.25, -0.2) is 0 Å². The van der Waals surface area contributed by atoms with Crippen molar-refractivity contribution in [2.24, 2.45) is 0 Å². The van der Waals surface area contributed by atoms with Crippen LogP contribution in [-0.2, 0) is 9.59 Å². The molecule has 1 aromatic rings. The highest BCUT2D eigenvalue weighted by Crippen LogP contribution is 2.39. The molecule has 108 valence electrons. The summed E-state index contributed by atoms with van der Waals surface area (Å²) in [6.45, 7) is 4.57. The number of fused-ring (bicyclic) bond motifs is 1. The molecule has 1 atom stereocenters. The van der Waals surface area contributed by atoms with Crippen molar-refractivity contribution in [2.45, 2.75) is 26.2 Å². The van der Waals surface area contributed by atoms with Crippen LogP contribution < -0.4 is 4.90 Å². The van der Waals surface area contributed by atoms with E-state index >= 15 is 0 Å². The largest absolute Gasteiger partial charge is 0.346 e. The van der Waals surface area contributed by atoms with Crippen molar-refractivity contribution in [3.8, 4) is 0 Å². The van der Waals surface area contributed by atoms with E-state index in [9.17, 15) is 9.59 Å². The van der Waals surface area contributed by atoms with E-state index in [0.717, 1.165) is 16.6 Å². The van der Waals surface area contributed by atoms with Gasteiger partial charge in [0, 0.05) is 50.1 Å². The maximum absolute atomic E-state index is 11.7. The second-order valence-corrected chi connectivity index (χ2v) is 6.17. The first-order valence-electron chi connectivity index (χ1n) is 6.69. The van der Waals surface area contributed by atoms with Gasteiger partial charge in [-0.3, -0.25) is 9.59 Å². The summed E-state index contributed by atoms with van der Waals surface area (Å²) < 4.78 is 1.02. The van der Waals surface area contributed by atoms with E-state index in [4.69, 9.17) is 0 Å².